The maximum absolute atomic E-state index is 13.7. The fraction of sp³-hybridized carbons (Fsp3) is 0.462. The monoisotopic (exact) mass is 271 g/mol. The number of likely N-dealkylation sites (tertiary alicyclic amines) is 1. The minimum atomic E-state index is -0.911. The van der Waals surface area contributed by atoms with Gasteiger partial charge in [-0.25, -0.2) is 4.39 Å². The van der Waals surface area contributed by atoms with Crippen molar-refractivity contribution in [2.75, 3.05) is 13.1 Å². The summed E-state index contributed by atoms with van der Waals surface area (Å²) in [5.74, 6) is -1.09. The Morgan fingerprint density at radius 2 is 2.28 bits per heavy atom. The van der Waals surface area contributed by atoms with Crippen LogP contribution in [0.4, 0.5) is 4.39 Å². The summed E-state index contributed by atoms with van der Waals surface area (Å²) in [7, 11) is 0. The van der Waals surface area contributed by atoms with Crippen LogP contribution in [-0.4, -0.2) is 34.6 Å². The molecule has 2 rings (SSSR count). The molecule has 1 heterocycles. The van der Waals surface area contributed by atoms with E-state index >= 15 is 0 Å². The zero-order valence-electron chi connectivity index (χ0n) is 10.1. The van der Waals surface area contributed by atoms with Crippen LogP contribution in [0.2, 0.25) is 5.02 Å². The van der Waals surface area contributed by atoms with Crippen molar-refractivity contribution < 1.29 is 14.3 Å². The van der Waals surface area contributed by atoms with Crippen LogP contribution in [0, 0.1) is 5.82 Å². The van der Waals surface area contributed by atoms with Gasteiger partial charge in [-0.1, -0.05) is 17.7 Å². The lowest BCUT2D eigenvalue weighted by atomic mass is 9.94. The lowest BCUT2D eigenvalue weighted by molar-refractivity contribution is -0.0109. The fourth-order valence-electron chi connectivity index (χ4n) is 2.25. The SMILES string of the molecule is CC1(O)CCCN(C(=O)c2c(F)cccc2Cl)C1. The summed E-state index contributed by atoms with van der Waals surface area (Å²) in [5.41, 5.74) is -1.03. The van der Waals surface area contributed by atoms with Crippen molar-refractivity contribution in [3.63, 3.8) is 0 Å². The zero-order chi connectivity index (χ0) is 13.3. The predicted octanol–water partition coefficient (Wildman–Crippen LogP) is 2.47. The first kappa shape index (κ1) is 13.3. The zero-order valence-corrected chi connectivity index (χ0v) is 10.9. The molecule has 3 nitrogen and oxygen atoms in total. The van der Waals surface area contributed by atoms with E-state index in [1.165, 1.54) is 23.1 Å². The number of amides is 1. The molecule has 1 amide bonds. The van der Waals surface area contributed by atoms with Gasteiger partial charge in [-0.05, 0) is 31.9 Å². The minimum absolute atomic E-state index is 0.102. The van der Waals surface area contributed by atoms with Crippen LogP contribution in [-0.2, 0) is 0 Å². The van der Waals surface area contributed by atoms with Crippen LogP contribution >= 0.6 is 11.6 Å². The van der Waals surface area contributed by atoms with E-state index < -0.39 is 17.3 Å². The van der Waals surface area contributed by atoms with Gasteiger partial charge >= 0.3 is 0 Å². The Hall–Kier alpha value is -1.13. The van der Waals surface area contributed by atoms with Crippen molar-refractivity contribution in [1.29, 1.82) is 0 Å². The molecule has 1 aromatic rings. The van der Waals surface area contributed by atoms with Gasteiger partial charge in [0.15, 0.2) is 0 Å². The second kappa shape index (κ2) is 4.86. The molecule has 1 atom stereocenters. The summed E-state index contributed by atoms with van der Waals surface area (Å²) in [5, 5.41) is 10.1. The molecule has 0 aliphatic carbocycles. The van der Waals surface area contributed by atoms with Crippen LogP contribution in [0.3, 0.4) is 0 Å². The van der Waals surface area contributed by atoms with Gasteiger partial charge in [-0.3, -0.25) is 4.79 Å². The number of halogens is 2. The average Bonchev–Trinajstić information content (AvgIpc) is 2.27. The smallest absolute Gasteiger partial charge is 0.258 e. The highest BCUT2D eigenvalue weighted by Crippen LogP contribution is 2.25. The van der Waals surface area contributed by atoms with Gasteiger partial charge < -0.3 is 10.0 Å². The Kier molecular flexibility index (Phi) is 3.59. The third kappa shape index (κ3) is 2.65. The fourth-order valence-corrected chi connectivity index (χ4v) is 2.50. The molecule has 0 radical (unpaired) electrons. The number of hydrogen-bond acceptors (Lipinski definition) is 2. The number of aliphatic hydroxyl groups is 1. The molecule has 18 heavy (non-hydrogen) atoms. The number of benzene rings is 1. The lowest BCUT2D eigenvalue weighted by Crippen LogP contribution is -2.48. The number of piperidine rings is 1. The van der Waals surface area contributed by atoms with Crippen LogP contribution < -0.4 is 0 Å². The van der Waals surface area contributed by atoms with E-state index in [2.05, 4.69) is 0 Å². The van der Waals surface area contributed by atoms with Gasteiger partial charge in [0.2, 0.25) is 0 Å². The lowest BCUT2D eigenvalue weighted by Gasteiger charge is -2.37. The van der Waals surface area contributed by atoms with E-state index in [1.54, 1.807) is 6.92 Å². The number of nitrogens with zero attached hydrogens (tertiary/aromatic N) is 1. The van der Waals surface area contributed by atoms with Crippen molar-refractivity contribution in [3.8, 4) is 0 Å². The first-order valence-electron chi connectivity index (χ1n) is 5.86. The predicted molar refractivity (Wildman–Crippen MR) is 67.2 cm³/mol. The van der Waals surface area contributed by atoms with Crippen molar-refractivity contribution in [2.24, 2.45) is 0 Å². The highest BCUT2D eigenvalue weighted by Gasteiger charge is 2.32. The molecular weight excluding hydrogens is 257 g/mol. The van der Waals surface area contributed by atoms with Crippen molar-refractivity contribution in [2.45, 2.75) is 25.4 Å². The highest BCUT2D eigenvalue weighted by atomic mass is 35.5. The van der Waals surface area contributed by atoms with E-state index in [1.807, 2.05) is 0 Å². The number of hydrogen-bond donors (Lipinski definition) is 1. The van der Waals surface area contributed by atoms with Crippen LogP contribution in [0.5, 0.6) is 0 Å². The van der Waals surface area contributed by atoms with Gasteiger partial charge in [-0.2, -0.15) is 0 Å². The molecular formula is C13H15ClFNO2. The van der Waals surface area contributed by atoms with E-state index in [0.29, 0.717) is 19.4 Å². The minimum Gasteiger partial charge on any atom is -0.388 e. The molecule has 0 spiro atoms. The Labute approximate surface area is 110 Å². The summed E-state index contributed by atoms with van der Waals surface area (Å²) in [4.78, 5) is 13.7. The van der Waals surface area contributed by atoms with Gasteiger partial charge in [0.05, 0.1) is 16.2 Å². The van der Waals surface area contributed by atoms with E-state index in [-0.39, 0.29) is 17.1 Å². The number of carbonyl (C=O) groups is 1. The van der Waals surface area contributed by atoms with Crippen LogP contribution in [0.25, 0.3) is 0 Å². The standard InChI is InChI=1S/C13H15ClFNO2/c1-13(18)6-3-7-16(8-13)12(17)11-9(14)4-2-5-10(11)15/h2,4-5,18H,3,6-8H2,1H3. The van der Waals surface area contributed by atoms with Gasteiger partial charge in [-0.15, -0.1) is 0 Å². The first-order chi connectivity index (χ1) is 8.41. The second-order valence-electron chi connectivity index (χ2n) is 4.92. The van der Waals surface area contributed by atoms with Crippen LogP contribution in [0.15, 0.2) is 18.2 Å². The van der Waals surface area contributed by atoms with Crippen molar-refractivity contribution in [1.82, 2.24) is 4.90 Å². The molecule has 1 aliphatic heterocycles. The second-order valence-corrected chi connectivity index (χ2v) is 5.33. The van der Waals surface area contributed by atoms with Gasteiger partial charge in [0.1, 0.15) is 5.82 Å². The topological polar surface area (TPSA) is 40.5 Å². The molecule has 98 valence electrons. The van der Waals surface area contributed by atoms with Crippen molar-refractivity contribution in [3.05, 3.63) is 34.6 Å². The summed E-state index contributed by atoms with van der Waals surface area (Å²) in [6.07, 6.45) is 1.34. The number of rotatable bonds is 1. The molecule has 1 saturated heterocycles. The molecule has 0 aromatic heterocycles. The third-order valence-corrected chi connectivity index (χ3v) is 3.45. The maximum Gasteiger partial charge on any atom is 0.258 e. The van der Waals surface area contributed by atoms with E-state index in [4.69, 9.17) is 11.6 Å². The van der Waals surface area contributed by atoms with E-state index in [0.717, 1.165) is 0 Å². The maximum atomic E-state index is 13.7. The highest BCUT2D eigenvalue weighted by molar-refractivity contribution is 6.33. The van der Waals surface area contributed by atoms with Crippen LogP contribution in [0.1, 0.15) is 30.1 Å². The molecule has 1 aromatic carbocycles. The van der Waals surface area contributed by atoms with Gasteiger partial charge in [0.25, 0.3) is 5.91 Å². The summed E-state index contributed by atoms with van der Waals surface area (Å²) >= 11 is 5.86. The third-order valence-electron chi connectivity index (χ3n) is 3.14. The molecule has 0 saturated carbocycles. The normalized spacial score (nSPS) is 24.1. The molecule has 1 unspecified atom stereocenters. The molecule has 1 N–H and O–H groups in total. The molecule has 1 aliphatic rings. The largest absolute Gasteiger partial charge is 0.388 e. The Bertz CT molecular complexity index is 456. The Morgan fingerprint density at radius 1 is 1.56 bits per heavy atom. The number of β-amino-alcohol motifs (C(OH)–C–C–N with tert-alkyl or cyclic N) is 1. The van der Waals surface area contributed by atoms with Gasteiger partial charge in [0, 0.05) is 13.1 Å². The molecule has 0 bridgehead atoms. The average molecular weight is 272 g/mol. The number of carbonyl (C=O) groups excluding carboxylic acids is 1. The van der Waals surface area contributed by atoms with E-state index in [9.17, 15) is 14.3 Å². The summed E-state index contributed by atoms with van der Waals surface area (Å²) in [6, 6.07) is 4.15. The molecule has 5 heteroatoms. The quantitative estimate of drug-likeness (QED) is 0.852. The first-order valence-corrected chi connectivity index (χ1v) is 6.24. The Balaban J connectivity index is 2.26. The van der Waals surface area contributed by atoms with Crippen molar-refractivity contribution >= 4 is 17.5 Å². The summed E-state index contributed by atoms with van der Waals surface area (Å²) in [6.45, 7) is 2.39. The Morgan fingerprint density at radius 3 is 2.89 bits per heavy atom. The molecule has 1 fully saturated rings. The summed E-state index contributed by atoms with van der Waals surface area (Å²) < 4.78 is 13.7.